The van der Waals surface area contributed by atoms with E-state index in [0.29, 0.717) is 0 Å². The van der Waals surface area contributed by atoms with Gasteiger partial charge in [-0.1, -0.05) is 43.7 Å². The number of rotatable bonds is 4. The Morgan fingerprint density at radius 3 is 2.59 bits per heavy atom. The number of aromatic hydroxyl groups is 1. The predicted octanol–water partition coefficient (Wildman–Crippen LogP) is 3.14. The minimum Gasteiger partial charge on any atom is -0.493 e. The summed E-state index contributed by atoms with van der Waals surface area (Å²) in [5, 5.41) is 14.5. The first kappa shape index (κ1) is 11.7. The summed E-state index contributed by atoms with van der Waals surface area (Å²) in [7, 11) is 1.78. The number of aromatic nitrogens is 2. The molecule has 1 N–H and O–H groups in total. The summed E-state index contributed by atoms with van der Waals surface area (Å²) >= 11 is 0. The van der Waals surface area contributed by atoms with Gasteiger partial charge in [-0.15, -0.1) is 0 Å². The molecule has 1 aromatic carbocycles. The van der Waals surface area contributed by atoms with Gasteiger partial charge in [-0.2, -0.15) is 5.10 Å². The SMILES string of the molecule is CCCCc1nn(C)c(O)c1-c1ccccc1. The van der Waals surface area contributed by atoms with Gasteiger partial charge in [0.15, 0.2) is 0 Å². The van der Waals surface area contributed by atoms with Gasteiger partial charge in [0, 0.05) is 7.05 Å². The van der Waals surface area contributed by atoms with Crippen LogP contribution in [0, 0.1) is 0 Å². The molecule has 3 nitrogen and oxygen atoms in total. The summed E-state index contributed by atoms with van der Waals surface area (Å²) < 4.78 is 1.55. The predicted molar refractivity (Wildman–Crippen MR) is 68.9 cm³/mol. The summed E-state index contributed by atoms with van der Waals surface area (Å²) in [6.45, 7) is 2.16. The van der Waals surface area contributed by atoms with Gasteiger partial charge in [-0.05, 0) is 18.4 Å². The molecule has 0 aliphatic rings. The Morgan fingerprint density at radius 2 is 1.94 bits per heavy atom. The number of aryl methyl sites for hydroxylation is 2. The van der Waals surface area contributed by atoms with Gasteiger partial charge in [0.2, 0.25) is 5.88 Å². The monoisotopic (exact) mass is 230 g/mol. The zero-order valence-electron chi connectivity index (χ0n) is 10.3. The first-order valence-electron chi connectivity index (χ1n) is 6.04. The third-order valence-electron chi connectivity index (χ3n) is 2.92. The lowest BCUT2D eigenvalue weighted by Crippen LogP contribution is -1.92. The molecule has 0 radical (unpaired) electrons. The van der Waals surface area contributed by atoms with Crippen molar-refractivity contribution in [2.45, 2.75) is 26.2 Å². The van der Waals surface area contributed by atoms with Crippen molar-refractivity contribution >= 4 is 0 Å². The molecular weight excluding hydrogens is 212 g/mol. The lowest BCUT2D eigenvalue weighted by Gasteiger charge is -2.02. The van der Waals surface area contributed by atoms with E-state index in [9.17, 15) is 5.11 Å². The molecule has 90 valence electrons. The van der Waals surface area contributed by atoms with Gasteiger partial charge >= 0.3 is 0 Å². The van der Waals surface area contributed by atoms with E-state index in [-0.39, 0.29) is 5.88 Å². The Kier molecular flexibility index (Phi) is 3.47. The topological polar surface area (TPSA) is 38.0 Å². The van der Waals surface area contributed by atoms with E-state index in [2.05, 4.69) is 12.0 Å². The number of nitrogens with zero attached hydrogens (tertiary/aromatic N) is 2. The van der Waals surface area contributed by atoms with Gasteiger partial charge in [-0.25, -0.2) is 4.68 Å². The summed E-state index contributed by atoms with van der Waals surface area (Å²) in [5.74, 6) is 0.252. The molecule has 3 heteroatoms. The van der Waals surface area contributed by atoms with Crippen LogP contribution in [-0.2, 0) is 13.5 Å². The molecule has 0 spiro atoms. The smallest absolute Gasteiger partial charge is 0.217 e. The highest BCUT2D eigenvalue weighted by Crippen LogP contribution is 2.32. The van der Waals surface area contributed by atoms with E-state index in [0.717, 1.165) is 36.1 Å². The second-order valence-electron chi connectivity index (χ2n) is 4.24. The lowest BCUT2D eigenvalue weighted by atomic mass is 10.0. The number of benzene rings is 1. The first-order chi connectivity index (χ1) is 8.24. The molecule has 2 rings (SSSR count). The molecule has 0 bridgehead atoms. The fourth-order valence-corrected chi connectivity index (χ4v) is 1.99. The fourth-order valence-electron chi connectivity index (χ4n) is 1.99. The third-order valence-corrected chi connectivity index (χ3v) is 2.92. The quantitative estimate of drug-likeness (QED) is 0.876. The van der Waals surface area contributed by atoms with E-state index in [1.54, 1.807) is 11.7 Å². The van der Waals surface area contributed by atoms with E-state index in [1.807, 2.05) is 30.3 Å². The molecule has 0 unspecified atom stereocenters. The highest BCUT2D eigenvalue weighted by Gasteiger charge is 2.16. The largest absolute Gasteiger partial charge is 0.493 e. The zero-order valence-corrected chi connectivity index (χ0v) is 10.3. The fraction of sp³-hybridized carbons (Fsp3) is 0.357. The number of hydrogen-bond acceptors (Lipinski definition) is 2. The highest BCUT2D eigenvalue weighted by molar-refractivity contribution is 5.71. The molecule has 1 heterocycles. The third kappa shape index (κ3) is 2.33. The average molecular weight is 230 g/mol. The van der Waals surface area contributed by atoms with Crippen LogP contribution in [0.3, 0.4) is 0 Å². The van der Waals surface area contributed by atoms with Crippen molar-refractivity contribution in [3.8, 4) is 17.0 Å². The minimum absolute atomic E-state index is 0.252. The van der Waals surface area contributed by atoms with Crippen molar-refractivity contribution in [1.82, 2.24) is 9.78 Å². The van der Waals surface area contributed by atoms with Crippen LogP contribution in [0.4, 0.5) is 0 Å². The summed E-state index contributed by atoms with van der Waals surface area (Å²) in [6, 6.07) is 9.94. The molecule has 0 aliphatic carbocycles. The van der Waals surface area contributed by atoms with Crippen LogP contribution in [0.25, 0.3) is 11.1 Å². The first-order valence-corrected chi connectivity index (χ1v) is 6.04. The van der Waals surface area contributed by atoms with Crippen LogP contribution < -0.4 is 0 Å². The maximum Gasteiger partial charge on any atom is 0.217 e. The van der Waals surface area contributed by atoms with Crippen molar-refractivity contribution in [2.24, 2.45) is 7.05 Å². The van der Waals surface area contributed by atoms with E-state index < -0.39 is 0 Å². The summed E-state index contributed by atoms with van der Waals surface area (Å²) in [5.41, 5.74) is 2.89. The van der Waals surface area contributed by atoms with Crippen LogP contribution in [0.5, 0.6) is 5.88 Å². The molecule has 2 aromatic rings. The molecule has 0 saturated carbocycles. The van der Waals surface area contributed by atoms with E-state index in [4.69, 9.17) is 0 Å². The van der Waals surface area contributed by atoms with Crippen LogP contribution in [0.2, 0.25) is 0 Å². The molecule has 0 atom stereocenters. The van der Waals surface area contributed by atoms with Crippen molar-refractivity contribution in [3.63, 3.8) is 0 Å². The average Bonchev–Trinajstić information content (AvgIpc) is 2.64. The van der Waals surface area contributed by atoms with Gasteiger partial charge in [0.05, 0.1) is 11.3 Å². The summed E-state index contributed by atoms with van der Waals surface area (Å²) in [6.07, 6.45) is 3.14. The normalized spacial score (nSPS) is 10.7. The van der Waals surface area contributed by atoms with Crippen molar-refractivity contribution in [2.75, 3.05) is 0 Å². The standard InChI is InChI=1S/C14H18N2O/c1-3-4-10-12-13(14(17)16(2)15-12)11-8-6-5-7-9-11/h5-9,17H,3-4,10H2,1-2H3. The van der Waals surface area contributed by atoms with E-state index in [1.165, 1.54) is 0 Å². The lowest BCUT2D eigenvalue weighted by molar-refractivity contribution is 0.420. The van der Waals surface area contributed by atoms with Crippen LogP contribution in [-0.4, -0.2) is 14.9 Å². The zero-order chi connectivity index (χ0) is 12.3. The van der Waals surface area contributed by atoms with Crippen LogP contribution >= 0.6 is 0 Å². The number of hydrogen-bond donors (Lipinski definition) is 1. The van der Waals surface area contributed by atoms with Gasteiger partial charge in [-0.3, -0.25) is 0 Å². The molecule has 0 amide bonds. The molecular formula is C14H18N2O. The second kappa shape index (κ2) is 5.04. The minimum atomic E-state index is 0.252. The Labute approximate surface area is 102 Å². The van der Waals surface area contributed by atoms with Gasteiger partial charge in [0.25, 0.3) is 0 Å². The molecule has 0 saturated heterocycles. The maximum absolute atomic E-state index is 10.1. The summed E-state index contributed by atoms with van der Waals surface area (Å²) in [4.78, 5) is 0. The number of unbranched alkanes of at least 4 members (excludes halogenated alkanes) is 1. The van der Waals surface area contributed by atoms with Crippen molar-refractivity contribution in [3.05, 3.63) is 36.0 Å². The van der Waals surface area contributed by atoms with E-state index >= 15 is 0 Å². The maximum atomic E-state index is 10.1. The van der Waals surface area contributed by atoms with Crippen LogP contribution in [0.15, 0.2) is 30.3 Å². The Hall–Kier alpha value is -1.77. The van der Waals surface area contributed by atoms with Gasteiger partial charge in [0.1, 0.15) is 0 Å². The molecule has 0 fully saturated rings. The van der Waals surface area contributed by atoms with Crippen molar-refractivity contribution in [1.29, 1.82) is 0 Å². The molecule has 17 heavy (non-hydrogen) atoms. The molecule has 1 aromatic heterocycles. The molecule has 0 aliphatic heterocycles. The Morgan fingerprint density at radius 1 is 1.24 bits per heavy atom. The Bertz CT molecular complexity index is 488. The second-order valence-corrected chi connectivity index (χ2v) is 4.24. The van der Waals surface area contributed by atoms with Crippen molar-refractivity contribution < 1.29 is 5.11 Å². The highest BCUT2D eigenvalue weighted by atomic mass is 16.3. The Balaban J connectivity index is 2.44. The van der Waals surface area contributed by atoms with Gasteiger partial charge < -0.3 is 5.11 Å². The van der Waals surface area contributed by atoms with Crippen LogP contribution in [0.1, 0.15) is 25.5 Å².